The molecule has 3 nitrogen and oxygen atoms in total. The lowest BCUT2D eigenvalue weighted by atomic mass is 9.33. The molecule has 0 fully saturated rings. The molecule has 8 aromatic rings. The zero-order valence-corrected chi connectivity index (χ0v) is 46.0. The molecule has 0 saturated carbocycles. The maximum Gasteiger partial charge on any atom is 0.254 e. The van der Waals surface area contributed by atoms with Crippen molar-refractivity contribution in [1.29, 1.82) is 0 Å². The van der Waals surface area contributed by atoms with Crippen molar-refractivity contribution >= 4 is 95.0 Å². The standard InChI is InChI=1S/C68H72BN3S/c1-41-22-25-44(4)54-40-62-55(37-51(41)54)63-65(73-62)72(49-30-31-56-57(34-49)68(10,11)33-32-67(56,8)9)61-36-50(70(46-18-14-12-15-19-46)47-20-16-13-17-21-47)35-60-64(61)69(63)58-38-52-42(2)23-24-43(3)53(52)39-59(58)71(60)48-28-26-45(27-29-48)66(5,6)7/h12-21,26-31,34-44H,22-25,32-33H2,1-11H3. The third kappa shape index (κ3) is 7.32. The van der Waals surface area contributed by atoms with Crippen LogP contribution in [0.3, 0.4) is 0 Å². The predicted octanol–water partition coefficient (Wildman–Crippen LogP) is 18.1. The fourth-order valence-corrected chi connectivity index (χ4v) is 15.4. The van der Waals surface area contributed by atoms with E-state index in [1.165, 1.54) is 121 Å². The Balaban J connectivity index is 1.19. The first kappa shape index (κ1) is 46.7. The molecule has 4 unspecified atom stereocenters. The second-order valence-corrected chi connectivity index (χ2v) is 26.4. The Morgan fingerprint density at radius 2 is 1.03 bits per heavy atom. The van der Waals surface area contributed by atoms with Crippen LogP contribution < -0.4 is 31.1 Å². The molecule has 0 amide bonds. The molecule has 5 aliphatic rings. The van der Waals surface area contributed by atoms with Gasteiger partial charge in [0.25, 0.3) is 6.71 Å². The smallest absolute Gasteiger partial charge is 0.254 e. The van der Waals surface area contributed by atoms with E-state index < -0.39 is 0 Å². The fourth-order valence-electron chi connectivity index (χ4n) is 14.1. The monoisotopic (exact) mass is 974 g/mol. The molecule has 3 heterocycles. The van der Waals surface area contributed by atoms with Gasteiger partial charge in [-0.2, -0.15) is 0 Å². The van der Waals surface area contributed by atoms with Crippen LogP contribution in [0.15, 0.2) is 140 Å². The van der Waals surface area contributed by atoms with E-state index in [0.717, 1.165) is 17.1 Å². The molecular formula is C68H72BN3S. The normalized spacial score (nSPS) is 21.2. The maximum atomic E-state index is 2.74. The van der Waals surface area contributed by atoms with Gasteiger partial charge in [-0.1, -0.05) is 143 Å². The Hall–Kier alpha value is -6.04. The van der Waals surface area contributed by atoms with Crippen molar-refractivity contribution in [3.8, 4) is 0 Å². The first-order valence-corrected chi connectivity index (χ1v) is 28.5. The molecule has 5 heteroatoms. The van der Waals surface area contributed by atoms with Gasteiger partial charge in [-0.15, -0.1) is 11.3 Å². The second-order valence-electron chi connectivity index (χ2n) is 25.4. The molecule has 3 aliphatic carbocycles. The summed E-state index contributed by atoms with van der Waals surface area (Å²) in [5.74, 6) is 2.07. The number of hydrogen-bond donors (Lipinski definition) is 0. The number of hydrogen-bond acceptors (Lipinski definition) is 4. The largest absolute Gasteiger partial charge is 0.311 e. The van der Waals surface area contributed by atoms with Crippen molar-refractivity contribution in [2.75, 3.05) is 14.7 Å². The van der Waals surface area contributed by atoms with Crippen LogP contribution in [0.5, 0.6) is 0 Å². The highest BCUT2D eigenvalue weighted by molar-refractivity contribution is 7.26. The summed E-state index contributed by atoms with van der Waals surface area (Å²) in [4.78, 5) is 7.92. The van der Waals surface area contributed by atoms with Gasteiger partial charge in [0.05, 0.1) is 10.7 Å². The minimum Gasteiger partial charge on any atom is -0.311 e. The number of thiophene rings is 1. The summed E-state index contributed by atoms with van der Waals surface area (Å²) in [6, 6.07) is 55.1. The summed E-state index contributed by atoms with van der Waals surface area (Å²) in [6.45, 7) is 26.8. The first-order valence-electron chi connectivity index (χ1n) is 27.7. The van der Waals surface area contributed by atoms with E-state index in [9.17, 15) is 0 Å². The molecule has 0 bridgehead atoms. The van der Waals surface area contributed by atoms with Crippen molar-refractivity contribution in [3.05, 3.63) is 178 Å². The van der Waals surface area contributed by atoms with Crippen LogP contribution in [0.25, 0.3) is 10.1 Å². The fraction of sp³-hybridized carbons (Fsp3) is 0.353. The summed E-state index contributed by atoms with van der Waals surface area (Å²) in [7, 11) is 0. The molecule has 73 heavy (non-hydrogen) atoms. The average molecular weight is 974 g/mol. The highest BCUT2D eigenvalue weighted by Gasteiger charge is 2.48. The number of benzene rings is 7. The highest BCUT2D eigenvalue weighted by Crippen LogP contribution is 2.55. The molecule has 0 radical (unpaired) electrons. The number of rotatable bonds is 5. The van der Waals surface area contributed by atoms with Crippen LogP contribution in [-0.4, -0.2) is 6.71 Å². The number of anilines is 9. The molecule has 7 aromatic carbocycles. The zero-order chi connectivity index (χ0) is 50.5. The summed E-state index contributed by atoms with van der Waals surface area (Å²) in [5, 5.41) is 2.81. The predicted molar refractivity (Wildman–Crippen MR) is 317 cm³/mol. The van der Waals surface area contributed by atoms with Crippen LogP contribution in [0.2, 0.25) is 0 Å². The van der Waals surface area contributed by atoms with E-state index in [1.54, 1.807) is 16.7 Å². The van der Waals surface area contributed by atoms with Gasteiger partial charge in [0, 0.05) is 44.5 Å². The zero-order valence-electron chi connectivity index (χ0n) is 45.2. The van der Waals surface area contributed by atoms with Crippen LogP contribution >= 0.6 is 11.3 Å². The SMILES string of the molecule is CC1CCC(C)c2cc3c(cc21)B1c2c(cc(N(c4ccccc4)c4ccccc4)cc2N(c2ccc4c(c2)C(C)(C)CCC4(C)C)c2sc4cc5c(cc4c21)C(C)CCC5C)N3c1ccc(C(C)(C)C)cc1. The third-order valence-electron chi connectivity index (χ3n) is 18.6. The van der Waals surface area contributed by atoms with Gasteiger partial charge in [0.1, 0.15) is 0 Å². The third-order valence-corrected chi connectivity index (χ3v) is 19.8. The molecule has 0 saturated heterocycles. The van der Waals surface area contributed by atoms with Crippen molar-refractivity contribution in [3.63, 3.8) is 0 Å². The minimum absolute atomic E-state index is 0.0261. The van der Waals surface area contributed by atoms with Gasteiger partial charge in [-0.05, 0) is 212 Å². The van der Waals surface area contributed by atoms with E-state index >= 15 is 0 Å². The molecule has 4 atom stereocenters. The highest BCUT2D eigenvalue weighted by atomic mass is 32.1. The lowest BCUT2D eigenvalue weighted by Crippen LogP contribution is -2.61. The Kier molecular flexibility index (Phi) is 10.7. The molecule has 2 aliphatic heterocycles. The summed E-state index contributed by atoms with van der Waals surface area (Å²) in [6.07, 6.45) is 7.30. The number of nitrogens with zero attached hydrogens (tertiary/aromatic N) is 3. The molecule has 13 rings (SSSR count). The number of para-hydroxylation sites is 2. The quantitative estimate of drug-likeness (QED) is 0.159. The second kappa shape index (κ2) is 16.7. The van der Waals surface area contributed by atoms with E-state index in [-0.39, 0.29) is 23.0 Å². The van der Waals surface area contributed by atoms with Gasteiger partial charge in [-0.25, -0.2) is 0 Å². The molecule has 1 aromatic heterocycles. The van der Waals surface area contributed by atoms with E-state index in [4.69, 9.17) is 0 Å². The molecule has 0 spiro atoms. The van der Waals surface area contributed by atoms with Crippen LogP contribution in [0, 0.1) is 0 Å². The minimum atomic E-state index is 0.0261. The van der Waals surface area contributed by atoms with Crippen LogP contribution in [0.4, 0.5) is 50.5 Å². The van der Waals surface area contributed by atoms with E-state index in [2.05, 4.69) is 230 Å². The Morgan fingerprint density at radius 3 is 1.62 bits per heavy atom. The van der Waals surface area contributed by atoms with Gasteiger partial charge in [-0.3, -0.25) is 0 Å². The van der Waals surface area contributed by atoms with Crippen molar-refractivity contribution in [2.24, 2.45) is 0 Å². The Labute approximate surface area is 440 Å². The van der Waals surface area contributed by atoms with Gasteiger partial charge < -0.3 is 14.7 Å². The van der Waals surface area contributed by atoms with Crippen molar-refractivity contribution in [2.45, 2.75) is 155 Å². The van der Waals surface area contributed by atoms with Gasteiger partial charge in [0.2, 0.25) is 0 Å². The van der Waals surface area contributed by atoms with Crippen molar-refractivity contribution in [1.82, 2.24) is 0 Å². The molecule has 368 valence electrons. The van der Waals surface area contributed by atoms with Crippen molar-refractivity contribution < 1.29 is 0 Å². The number of fused-ring (bicyclic) bond motifs is 9. The summed E-state index contributed by atoms with van der Waals surface area (Å²) >= 11 is 2.04. The summed E-state index contributed by atoms with van der Waals surface area (Å²) in [5.41, 5.74) is 24.8. The van der Waals surface area contributed by atoms with Crippen LogP contribution in [0.1, 0.15) is 177 Å². The Morgan fingerprint density at radius 1 is 0.507 bits per heavy atom. The first-order chi connectivity index (χ1) is 35.0. The van der Waals surface area contributed by atoms with E-state index in [0.29, 0.717) is 23.7 Å². The lowest BCUT2D eigenvalue weighted by molar-refractivity contribution is 0.332. The topological polar surface area (TPSA) is 9.72 Å². The summed E-state index contributed by atoms with van der Waals surface area (Å²) < 4.78 is 1.42. The molecule has 0 N–H and O–H groups in total. The van der Waals surface area contributed by atoms with Gasteiger partial charge in [0.15, 0.2) is 0 Å². The molecular weight excluding hydrogens is 902 g/mol. The van der Waals surface area contributed by atoms with Crippen LogP contribution in [-0.2, 0) is 16.2 Å². The maximum absolute atomic E-state index is 2.74. The van der Waals surface area contributed by atoms with E-state index in [1.807, 2.05) is 11.3 Å². The van der Waals surface area contributed by atoms with Gasteiger partial charge >= 0.3 is 0 Å². The average Bonchev–Trinajstić information content (AvgIpc) is 3.76. The Bertz CT molecular complexity index is 3450. The lowest BCUT2D eigenvalue weighted by Gasteiger charge is -2.46.